The van der Waals surface area contributed by atoms with E-state index in [9.17, 15) is 17.6 Å². The number of aromatic nitrogens is 3. The molecule has 0 saturated heterocycles. The lowest BCUT2D eigenvalue weighted by atomic mass is 9.91. The van der Waals surface area contributed by atoms with E-state index < -0.39 is 39.2 Å². The van der Waals surface area contributed by atoms with Crippen LogP contribution in [0.25, 0.3) is 22.3 Å². The fraction of sp³-hybridized carbons (Fsp3) is 0.387. The van der Waals surface area contributed by atoms with E-state index in [1.165, 1.54) is 19.1 Å². The zero-order valence-electron chi connectivity index (χ0n) is 25.0. The molecule has 2 N–H and O–H groups in total. The van der Waals surface area contributed by atoms with Crippen LogP contribution in [0.3, 0.4) is 0 Å². The van der Waals surface area contributed by atoms with Crippen molar-refractivity contribution in [3.63, 3.8) is 0 Å². The fourth-order valence-electron chi connectivity index (χ4n) is 5.33. The summed E-state index contributed by atoms with van der Waals surface area (Å²) in [7, 11) is -4.32. The second kappa shape index (κ2) is 11.8. The van der Waals surface area contributed by atoms with Gasteiger partial charge in [-0.15, -0.1) is 0 Å². The van der Waals surface area contributed by atoms with E-state index in [0.29, 0.717) is 18.9 Å². The predicted molar refractivity (Wildman–Crippen MR) is 160 cm³/mol. The van der Waals surface area contributed by atoms with Crippen molar-refractivity contribution in [2.45, 2.75) is 82.9 Å². The van der Waals surface area contributed by atoms with E-state index in [4.69, 9.17) is 4.74 Å². The molecule has 9 nitrogen and oxygen atoms in total. The first kappa shape index (κ1) is 31.3. The van der Waals surface area contributed by atoms with E-state index >= 15 is 8.78 Å². The predicted octanol–water partition coefficient (Wildman–Crippen LogP) is 6.62. The first-order valence-electron chi connectivity index (χ1n) is 14.3. The molecule has 5 rings (SSSR count). The molecule has 1 saturated carbocycles. The average molecular weight is 630 g/mol. The Bertz CT molecular complexity index is 1840. The molecule has 4 aromatic rings. The van der Waals surface area contributed by atoms with E-state index in [1.807, 2.05) is 0 Å². The van der Waals surface area contributed by atoms with Gasteiger partial charge in [0.2, 0.25) is 0 Å². The third kappa shape index (κ3) is 6.52. The van der Waals surface area contributed by atoms with Crippen LogP contribution in [0, 0.1) is 31.3 Å². The molecule has 1 amide bonds. The number of alkyl carbamates (subject to hydrolysis) is 1. The molecule has 1 aliphatic rings. The van der Waals surface area contributed by atoms with E-state index in [-0.39, 0.29) is 50.8 Å². The van der Waals surface area contributed by atoms with Crippen LogP contribution in [-0.2, 0) is 14.8 Å². The molecule has 0 aliphatic heterocycles. The normalized spacial score (nSPS) is 17.5. The Hall–Kier alpha value is -4.13. The number of nitrogens with one attached hydrogen (secondary N) is 2. The first-order chi connectivity index (χ1) is 20.6. The molecule has 0 spiro atoms. The Morgan fingerprint density at radius 3 is 2.39 bits per heavy atom. The van der Waals surface area contributed by atoms with Gasteiger partial charge in [0.25, 0.3) is 10.0 Å². The number of carbonyl (C=O) groups excluding carboxylic acids is 1. The van der Waals surface area contributed by atoms with Crippen LogP contribution in [0.1, 0.15) is 57.7 Å². The molecular formula is C31H34F3N5O4S. The lowest BCUT2D eigenvalue weighted by Crippen LogP contribution is -2.44. The van der Waals surface area contributed by atoms with Crippen molar-refractivity contribution in [3.8, 4) is 11.4 Å². The summed E-state index contributed by atoms with van der Waals surface area (Å²) < 4.78 is 78.4. The number of halogens is 3. The van der Waals surface area contributed by atoms with Crippen LogP contribution in [0.15, 0.2) is 47.5 Å². The summed E-state index contributed by atoms with van der Waals surface area (Å²) in [4.78, 5) is 20.8. The van der Waals surface area contributed by atoms with Gasteiger partial charge in [0, 0.05) is 35.3 Å². The maximum atomic E-state index is 15.3. The standard InChI is InChI=1S/C31H34F3N5O4S/c1-17-9-11-22(12-10-17)44(41,42)39-16-24(23-13-19(32)14-25(33)27(23)39)28-35-18(2)26(34)29(38-28)36-20-7-6-8-21(15-20)37-30(40)43-31(3,4)5/h9-14,16,20-21H,6-8,15H2,1-5H3,(H,37,40)(H,35,36,38)/t20-,21+/m0/s1. The van der Waals surface area contributed by atoms with Crippen LogP contribution in [0.5, 0.6) is 0 Å². The number of benzene rings is 2. The van der Waals surface area contributed by atoms with Gasteiger partial charge < -0.3 is 15.4 Å². The third-order valence-electron chi connectivity index (χ3n) is 7.36. The van der Waals surface area contributed by atoms with Gasteiger partial charge in [-0.2, -0.15) is 0 Å². The van der Waals surface area contributed by atoms with Crippen molar-refractivity contribution in [2.24, 2.45) is 0 Å². The molecule has 1 aliphatic carbocycles. The van der Waals surface area contributed by atoms with Gasteiger partial charge in [0.05, 0.1) is 10.6 Å². The molecule has 13 heteroatoms. The Kier molecular flexibility index (Phi) is 8.36. The zero-order valence-corrected chi connectivity index (χ0v) is 25.9. The number of hydrogen-bond donors (Lipinski definition) is 2. The summed E-state index contributed by atoms with van der Waals surface area (Å²) in [5, 5.41) is 5.87. The highest BCUT2D eigenvalue weighted by molar-refractivity contribution is 7.90. The van der Waals surface area contributed by atoms with Crippen molar-refractivity contribution in [3.05, 3.63) is 71.3 Å². The Morgan fingerprint density at radius 1 is 1.02 bits per heavy atom. The second-order valence-electron chi connectivity index (χ2n) is 12.1. The minimum Gasteiger partial charge on any atom is -0.444 e. The van der Waals surface area contributed by atoms with Crippen LogP contribution in [0.4, 0.5) is 23.8 Å². The highest BCUT2D eigenvalue weighted by atomic mass is 32.2. The summed E-state index contributed by atoms with van der Waals surface area (Å²) in [6.07, 6.45) is 3.21. The van der Waals surface area contributed by atoms with Gasteiger partial charge in [0.1, 0.15) is 16.9 Å². The lowest BCUT2D eigenvalue weighted by Gasteiger charge is -2.31. The van der Waals surface area contributed by atoms with Crippen molar-refractivity contribution >= 4 is 32.8 Å². The smallest absolute Gasteiger partial charge is 0.407 e. The van der Waals surface area contributed by atoms with Crippen LogP contribution >= 0.6 is 0 Å². The molecule has 2 aromatic carbocycles. The van der Waals surface area contributed by atoms with Crippen molar-refractivity contribution < 1.29 is 31.1 Å². The van der Waals surface area contributed by atoms with Gasteiger partial charge in [-0.3, -0.25) is 0 Å². The molecule has 0 radical (unpaired) electrons. The quantitative estimate of drug-likeness (QED) is 0.246. The maximum absolute atomic E-state index is 15.3. The van der Waals surface area contributed by atoms with Gasteiger partial charge in [-0.25, -0.2) is 40.3 Å². The summed E-state index contributed by atoms with van der Waals surface area (Å²) in [5.74, 6) is -2.99. The monoisotopic (exact) mass is 629 g/mol. The van der Waals surface area contributed by atoms with E-state index in [0.717, 1.165) is 34.6 Å². The molecule has 1 fully saturated rings. The number of carbonyl (C=O) groups is 1. The van der Waals surface area contributed by atoms with Crippen molar-refractivity contribution in [1.29, 1.82) is 0 Å². The number of aryl methyl sites for hydroxylation is 2. The number of ether oxygens (including phenoxy) is 1. The van der Waals surface area contributed by atoms with Crippen molar-refractivity contribution in [2.75, 3.05) is 5.32 Å². The molecular weight excluding hydrogens is 595 g/mol. The summed E-state index contributed by atoms with van der Waals surface area (Å²) in [5.41, 5.74) is -0.243. The molecule has 44 heavy (non-hydrogen) atoms. The minimum atomic E-state index is -4.32. The van der Waals surface area contributed by atoms with Gasteiger partial charge in [0.15, 0.2) is 23.3 Å². The summed E-state index contributed by atoms with van der Waals surface area (Å²) in [6.45, 7) is 8.53. The van der Waals surface area contributed by atoms with E-state index in [2.05, 4.69) is 20.6 Å². The van der Waals surface area contributed by atoms with Crippen LogP contribution < -0.4 is 10.6 Å². The number of hydrogen-bond acceptors (Lipinski definition) is 7. The van der Waals surface area contributed by atoms with Gasteiger partial charge in [-0.05, 0) is 78.5 Å². The lowest BCUT2D eigenvalue weighted by molar-refractivity contribution is 0.0492. The Morgan fingerprint density at radius 2 is 1.70 bits per heavy atom. The molecule has 0 unspecified atom stereocenters. The number of nitrogens with zero attached hydrogens (tertiary/aromatic N) is 3. The Labute approximate surface area is 253 Å². The number of amides is 1. The summed E-state index contributed by atoms with van der Waals surface area (Å²) >= 11 is 0. The molecule has 2 heterocycles. The molecule has 234 valence electrons. The van der Waals surface area contributed by atoms with Gasteiger partial charge >= 0.3 is 6.09 Å². The third-order valence-corrected chi connectivity index (χ3v) is 9.03. The molecule has 2 aromatic heterocycles. The average Bonchev–Trinajstić information content (AvgIpc) is 3.31. The topological polar surface area (TPSA) is 115 Å². The largest absolute Gasteiger partial charge is 0.444 e. The highest BCUT2D eigenvalue weighted by Crippen LogP contribution is 2.35. The van der Waals surface area contributed by atoms with Crippen molar-refractivity contribution in [1.82, 2.24) is 19.3 Å². The SMILES string of the molecule is Cc1ccc(S(=O)(=O)n2cc(-c3nc(C)c(F)c(N[C@H]4CCC[C@@H](NC(=O)OC(C)(C)C)C4)n3)c3cc(F)cc(F)c32)cc1. The molecule has 2 atom stereocenters. The number of fused-ring (bicyclic) bond motifs is 1. The zero-order chi connectivity index (χ0) is 32.0. The van der Waals surface area contributed by atoms with E-state index in [1.54, 1.807) is 39.8 Å². The number of anilines is 1. The second-order valence-corrected chi connectivity index (χ2v) is 13.9. The van der Waals surface area contributed by atoms with Gasteiger partial charge in [-0.1, -0.05) is 17.7 Å². The fourth-order valence-corrected chi connectivity index (χ4v) is 6.71. The van der Waals surface area contributed by atoms with Crippen LogP contribution in [-0.4, -0.2) is 46.1 Å². The first-order valence-corrected chi connectivity index (χ1v) is 15.7. The Balaban J connectivity index is 1.51. The maximum Gasteiger partial charge on any atom is 0.407 e. The summed E-state index contributed by atoms with van der Waals surface area (Å²) in [6, 6.07) is 7.13. The highest BCUT2D eigenvalue weighted by Gasteiger charge is 2.29. The minimum absolute atomic E-state index is 0.00773. The molecule has 0 bridgehead atoms. The number of rotatable bonds is 6. The van der Waals surface area contributed by atoms with Crippen LogP contribution in [0.2, 0.25) is 0 Å².